The van der Waals surface area contributed by atoms with Crippen LogP contribution in [0.15, 0.2) is 42.5 Å². The molecular formula is C23H24O3. The first kappa shape index (κ1) is 17.0. The van der Waals surface area contributed by atoms with Gasteiger partial charge in [0.2, 0.25) is 0 Å². The topological polar surface area (TPSA) is 43.4 Å². The number of fused-ring (bicyclic) bond motifs is 1. The van der Waals surface area contributed by atoms with Gasteiger partial charge in [0.15, 0.2) is 11.6 Å². The van der Waals surface area contributed by atoms with Crippen molar-refractivity contribution >= 4 is 11.6 Å². The normalized spacial score (nSPS) is 21.2. The van der Waals surface area contributed by atoms with Crippen molar-refractivity contribution in [1.29, 1.82) is 0 Å². The van der Waals surface area contributed by atoms with Crippen LogP contribution in [0.5, 0.6) is 5.75 Å². The molecule has 1 aliphatic heterocycles. The van der Waals surface area contributed by atoms with Crippen LogP contribution in [-0.4, -0.2) is 17.7 Å². The lowest BCUT2D eigenvalue weighted by atomic mass is 9.85. The van der Waals surface area contributed by atoms with Gasteiger partial charge in [0.05, 0.1) is 5.56 Å². The molecule has 3 nitrogen and oxygen atoms in total. The van der Waals surface area contributed by atoms with Crippen LogP contribution in [0.4, 0.5) is 0 Å². The molecule has 1 saturated carbocycles. The number of ether oxygens (including phenoxy) is 1. The molecule has 2 aliphatic rings. The second-order valence-electron chi connectivity index (χ2n) is 7.50. The van der Waals surface area contributed by atoms with Gasteiger partial charge in [-0.05, 0) is 43.4 Å². The summed E-state index contributed by atoms with van der Waals surface area (Å²) in [4.78, 5) is 25.3. The second kappa shape index (κ2) is 6.71. The molecule has 0 amide bonds. The van der Waals surface area contributed by atoms with Gasteiger partial charge in [0.25, 0.3) is 0 Å². The van der Waals surface area contributed by atoms with Crippen LogP contribution in [0.2, 0.25) is 0 Å². The van der Waals surface area contributed by atoms with Crippen molar-refractivity contribution in [3.05, 3.63) is 64.7 Å². The van der Waals surface area contributed by atoms with Gasteiger partial charge in [-0.3, -0.25) is 9.59 Å². The van der Waals surface area contributed by atoms with Crippen LogP contribution >= 0.6 is 0 Å². The maximum absolute atomic E-state index is 12.7. The van der Waals surface area contributed by atoms with E-state index in [9.17, 15) is 9.59 Å². The summed E-state index contributed by atoms with van der Waals surface area (Å²) >= 11 is 0. The summed E-state index contributed by atoms with van der Waals surface area (Å²) < 4.78 is 6.12. The van der Waals surface area contributed by atoms with Crippen LogP contribution in [0.3, 0.4) is 0 Å². The highest BCUT2D eigenvalue weighted by molar-refractivity contribution is 6.04. The lowest BCUT2D eigenvalue weighted by molar-refractivity contribution is 0.0976. The van der Waals surface area contributed by atoms with E-state index in [1.807, 2.05) is 38.1 Å². The molecule has 1 aliphatic carbocycles. The molecule has 2 aromatic carbocycles. The summed E-state index contributed by atoms with van der Waals surface area (Å²) in [7, 11) is 0. The van der Waals surface area contributed by atoms with E-state index < -0.39 is 0 Å². The molecule has 0 saturated heterocycles. The number of ketones is 2. The number of Topliss-reactive ketones (excluding diaryl/α,β-unsaturated/α-hetero) is 2. The lowest BCUT2D eigenvalue weighted by Gasteiger charge is -2.15. The maximum Gasteiger partial charge on any atom is 0.166 e. The fourth-order valence-corrected chi connectivity index (χ4v) is 3.89. The van der Waals surface area contributed by atoms with Crippen LogP contribution in [0.25, 0.3) is 0 Å². The van der Waals surface area contributed by atoms with Gasteiger partial charge in [-0.15, -0.1) is 0 Å². The predicted molar refractivity (Wildman–Crippen MR) is 101 cm³/mol. The molecule has 134 valence electrons. The summed E-state index contributed by atoms with van der Waals surface area (Å²) in [6, 6.07) is 13.9. The molecule has 2 atom stereocenters. The van der Waals surface area contributed by atoms with Gasteiger partial charge in [-0.2, -0.15) is 0 Å². The van der Waals surface area contributed by atoms with Crippen LogP contribution < -0.4 is 4.74 Å². The SMILES string of the molecule is CCC(=O)c1cc(C(=O)CC2CC2)cc2c1O[C@@H](C)[C@H]2c1ccccc1. The monoisotopic (exact) mass is 348 g/mol. The Bertz CT molecular complexity index is 849. The van der Waals surface area contributed by atoms with Crippen molar-refractivity contribution in [1.82, 2.24) is 0 Å². The molecule has 1 fully saturated rings. The van der Waals surface area contributed by atoms with Crippen molar-refractivity contribution in [2.45, 2.75) is 51.6 Å². The third-order valence-corrected chi connectivity index (χ3v) is 5.50. The molecule has 1 heterocycles. The zero-order chi connectivity index (χ0) is 18.3. The Kier molecular flexibility index (Phi) is 4.39. The highest BCUT2D eigenvalue weighted by Gasteiger charge is 2.36. The Hall–Kier alpha value is -2.42. The van der Waals surface area contributed by atoms with E-state index in [2.05, 4.69) is 12.1 Å². The Morgan fingerprint density at radius 1 is 1.08 bits per heavy atom. The molecule has 0 bridgehead atoms. The summed E-state index contributed by atoms with van der Waals surface area (Å²) in [6.07, 6.45) is 3.21. The summed E-state index contributed by atoms with van der Waals surface area (Å²) in [5.41, 5.74) is 3.35. The number of hydrogen-bond acceptors (Lipinski definition) is 3. The summed E-state index contributed by atoms with van der Waals surface area (Å²) in [6.45, 7) is 3.88. The average molecular weight is 348 g/mol. The summed E-state index contributed by atoms with van der Waals surface area (Å²) in [5.74, 6) is 1.42. The number of benzene rings is 2. The molecule has 4 rings (SSSR count). The molecule has 0 radical (unpaired) electrons. The predicted octanol–water partition coefficient (Wildman–Crippen LogP) is 5.17. The van der Waals surface area contributed by atoms with Crippen molar-refractivity contribution in [2.75, 3.05) is 0 Å². The van der Waals surface area contributed by atoms with Crippen molar-refractivity contribution in [3.63, 3.8) is 0 Å². The Morgan fingerprint density at radius 3 is 2.46 bits per heavy atom. The van der Waals surface area contributed by atoms with E-state index >= 15 is 0 Å². The largest absolute Gasteiger partial charge is 0.489 e. The first-order valence-corrected chi connectivity index (χ1v) is 9.54. The molecule has 2 aromatic rings. The van der Waals surface area contributed by atoms with E-state index in [0.29, 0.717) is 35.6 Å². The molecule has 3 heteroatoms. The molecule has 0 aromatic heterocycles. The Morgan fingerprint density at radius 2 is 1.81 bits per heavy atom. The second-order valence-corrected chi connectivity index (χ2v) is 7.50. The maximum atomic E-state index is 12.7. The minimum Gasteiger partial charge on any atom is -0.489 e. The van der Waals surface area contributed by atoms with Gasteiger partial charge in [-0.25, -0.2) is 0 Å². The van der Waals surface area contributed by atoms with Gasteiger partial charge in [0.1, 0.15) is 11.9 Å². The van der Waals surface area contributed by atoms with E-state index in [1.165, 1.54) is 0 Å². The van der Waals surface area contributed by atoms with E-state index in [1.54, 1.807) is 6.07 Å². The fraction of sp³-hybridized carbons (Fsp3) is 0.391. The third kappa shape index (κ3) is 3.07. The van der Waals surface area contributed by atoms with Gasteiger partial charge >= 0.3 is 0 Å². The molecule has 26 heavy (non-hydrogen) atoms. The van der Waals surface area contributed by atoms with Crippen LogP contribution in [0.1, 0.15) is 77.3 Å². The highest BCUT2D eigenvalue weighted by atomic mass is 16.5. The Labute approximate surface area is 154 Å². The van der Waals surface area contributed by atoms with Gasteiger partial charge < -0.3 is 4.74 Å². The number of rotatable bonds is 6. The van der Waals surface area contributed by atoms with E-state index in [-0.39, 0.29) is 23.6 Å². The van der Waals surface area contributed by atoms with Crippen molar-refractivity contribution in [2.24, 2.45) is 5.92 Å². The lowest BCUT2D eigenvalue weighted by Crippen LogP contribution is -2.15. The molecular weight excluding hydrogens is 324 g/mol. The first-order valence-electron chi connectivity index (χ1n) is 9.54. The molecule has 0 spiro atoms. The van der Waals surface area contributed by atoms with Crippen LogP contribution in [-0.2, 0) is 0 Å². The van der Waals surface area contributed by atoms with Crippen LogP contribution in [0, 0.1) is 5.92 Å². The fourth-order valence-electron chi connectivity index (χ4n) is 3.89. The number of carbonyl (C=O) groups excluding carboxylic acids is 2. The van der Waals surface area contributed by atoms with E-state index in [4.69, 9.17) is 4.74 Å². The third-order valence-electron chi connectivity index (χ3n) is 5.50. The molecule has 0 unspecified atom stereocenters. The Balaban J connectivity index is 1.82. The minimum atomic E-state index is -0.0652. The number of hydrogen-bond donors (Lipinski definition) is 0. The zero-order valence-electron chi connectivity index (χ0n) is 15.3. The highest BCUT2D eigenvalue weighted by Crippen LogP contribution is 2.45. The minimum absolute atomic E-state index is 0.0308. The van der Waals surface area contributed by atoms with E-state index in [0.717, 1.165) is 24.0 Å². The van der Waals surface area contributed by atoms with Crippen molar-refractivity contribution in [3.8, 4) is 5.75 Å². The summed E-state index contributed by atoms with van der Waals surface area (Å²) in [5, 5.41) is 0. The average Bonchev–Trinajstić information content (AvgIpc) is 3.40. The van der Waals surface area contributed by atoms with Gasteiger partial charge in [0, 0.05) is 29.9 Å². The first-order chi connectivity index (χ1) is 12.6. The van der Waals surface area contributed by atoms with Crippen molar-refractivity contribution < 1.29 is 14.3 Å². The zero-order valence-corrected chi connectivity index (χ0v) is 15.3. The molecule has 0 N–H and O–H groups in total. The standard InChI is InChI=1S/C23H24O3/c1-3-20(24)18-12-17(21(25)11-15-9-10-15)13-19-22(14(2)26-23(18)19)16-7-5-4-6-8-16/h4-8,12-15,22H,3,9-11H2,1-2H3/t14-,22-/m0/s1. The quantitative estimate of drug-likeness (QED) is 0.676. The van der Waals surface area contributed by atoms with Gasteiger partial charge in [-0.1, -0.05) is 37.3 Å². The smallest absolute Gasteiger partial charge is 0.166 e. The number of carbonyl (C=O) groups is 2.